The zero-order valence-corrected chi connectivity index (χ0v) is 14.9. The molecule has 1 aliphatic heterocycles. The van der Waals surface area contributed by atoms with Crippen molar-refractivity contribution in [2.45, 2.75) is 27.7 Å². The highest BCUT2D eigenvalue weighted by atomic mass is 32.2. The quantitative estimate of drug-likeness (QED) is 0.716. The number of hydrogen-bond donors (Lipinski definition) is 0. The van der Waals surface area contributed by atoms with E-state index < -0.39 is 0 Å². The molecule has 0 aromatic heterocycles. The van der Waals surface area contributed by atoms with E-state index >= 15 is 0 Å². The van der Waals surface area contributed by atoms with Gasteiger partial charge in [0.1, 0.15) is 5.75 Å². The van der Waals surface area contributed by atoms with Crippen molar-refractivity contribution in [3.05, 3.63) is 34.7 Å². The standard InChI is InChI=1S/C18H23NO3S/c1-5-19-17(20)15(16(18(19)21)23-6-2)13-7-9-14(10-8-13)22-11-12(3)4/h7-10,12H,5-6,11H2,1-4H3. The molecule has 1 aliphatic rings. The van der Waals surface area contributed by atoms with Crippen molar-refractivity contribution in [3.63, 3.8) is 0 Å². The van der Waals surface area contributed by atoms with E-state index in [1.807, 2.05) is 38.1 Å². The number of imide groups is 1. The third-order valence-electron chi connectivity index (χ3n) is 3.46. The minimum atomic E-state index is -0.204. The van der Waals surface area contributed by atoms with Gasteiger partial charge in [-0.1, -0.05) is 32.9 Å². The molecule has 4 nitrogen and oxygen atoms in total. The van der Waals surface area contributed by atoms with Crippen LogP contribution in [0.15, 0.2) is 29.2 Å². The summed E-state index contributed by atoms with van der Waals surface area (Å²) in [5.74, 6) is 1.60. The number of benzene rings is 1. The van der Waals surface area contributed by atoms with E-state index in [1.54, 1.807) is 0 Å². The van der Waals surface area contributed by atoms with E-state index in [0.717, 1.165) is 17.1 Å². The van der Waals surface area contributed by atoms with Gasteiger partial charge in [0, 0.05) is 6.54 Å². The van der Waals surface area contributed by atoms with Gasteiger partial charge in [-0.05, 0) is 36.3 Å². The summed E-state index contributed by atoms with van der Waals surface area (Å²) >= 11 is 1.43. The smallest absolute Gasteiger partial charge is 0.267 e. The van der Waals surface area contributed by atoms with Crippen molar-refractivity contribution in [1.29, 1.82) is 0 Å². The number of rotatable bonds is 7. The summed E-state index contributed by atoms with van der Waals surface area (Å²) in [6.45, 7) is 9.02. The van der Waals surface area contributed by atoms with Crippen molar-refractivity contribution in [2.24, 2.45) is 5.92 Å². The SMILES string of the molecule is CCSC1=C(c2ccc(OCC(C)C)cc2)C(=O)N(CC)C1=O. The molecule has 2 rings (SSSR count). The molecule has 124 valence electrons. The van der Waals surface area contributed by atoms with Crippen LogP contribution < -0.4 is 4.74 Å². The second-order valence-electron chi connectivity index (χ2n) is 5.72. The fourth-order valence-corrected chi connectivity index (χ4v) is 3.23. The summed E-state index contributed by atoms with van der Waals surface area (Å²) in [4.78, 5) is 26.8. The van der Waals surface area contributed by atoms with E-state index in [1.165, 1.54) is 16.7 Å². The fourth-order valence-electron chi connectivity index (χ4n) is 2.35. The van der Waals surface area contributed by atoms with Crippen molar-refractivity contribution in [3.8, 4) is 5.75 Å². The molecule has 0 unspecified atom stereocenters. The second-order valence-corrected chi connectivity index (χ2v) is 7.00. The summed E-state index contributed by atoms with van der Waals surface area (Å²) in [5, 5.41) is 0. The van der Waals surface area contributed by atoms with Gasteiger partial charge in [0.2, 0.25) is 0 Å². The normalized spacial score (nSPS) is 15.1. The van der Waals surface area contributed by atoms with Gasteiger partial charge >= 0.3 is 0 Å². The number of hydrogen-bond acceptors (Lipinski definition) is 4. The van der Waals surface area contributed by atoms with Crippen LogP contribution in [0.25, 0.3) is 5.57 Å². The summed E-state index contributed by atoms with van der Waals surface area (Å²) in [6, 6.07) is 7.41. The van der Waals surface area contributed by atoms with Gasteiger partial charge in [0.25, 0.3) is 11.8 Å². The molecule has 0 atom stereocenters. The van der Waals surface area contributed by atoms with Gasteiger partial charge in [-0.3, -0.25) is 14.5 Å². The zero-order valence-electron chi connectivity index (χ0n) is 14.1. The molecule has 0 saturated heterocycles. The summed E-state index contributed by atoms with van der Waals surface area (Å²) in [6.07, 6.45) is 0. The molecular formula is C18H23NO3S. The van der Waals surface area contributed by atoms with Crippen LogP contribution in [0.1, 0.15) is 33.3 Å². The topological polar surface area (TPSA) is 46.6 Å². The van der Waals surface area contributed by atoms with Gasteiger partial charge in [-0.15, -0.1) is 11.8 Å². The molecular weight excluding hydrogens is 310 g/mol. The lowest BCUT2D eigenvalue weighted by Gasteiger charge is -2.12. The maximum Gasteiger partial charge on any atom is 0.267 e. The van der Waals surface area contributed by atoms with Gasteiger partial charge < -0.3 is 4.74 Å². The van der Waals surface area contributed by atoms with Crippen LogP contribution in [-0.4, -0.2) is 35.6 Å². The molecule has 0 radical (unpaired) electrons. The Morgan fingerprint density at radius 3 is 2.26 bits per heavy atom. The lowest BCUT2D eigenvalue weighted by molar-refractivity contribution is -0.136. The van der Waals surface area contributed by atoms with Crippen molar-refractivity contribution in [2.75, 3.05) is 18.9 Å². The van der Waals surface area contributed by atoms with Gasteiger partial charge in [0.15, 0.2) is 0 Å². The van der Waals surface area contributed by atoms with Crippen LogP contribution in [0.4, 0.5) is 0 Å². The summed E-state index contributed by atoms with van der Waals surface area (Å²) in [7, 11) is 0. The maximum absolute atomic E-state index is 12.5. The van der Waals surface area contributed by atoms with E-state index in [9.17, 15) is 9.59 Å². The molecule has 0 N–H and O–H groups in total. The van der Waals surface area contributed by atoms with Gasteiger partial charge in [-0.25, -0.2) is 0 Å². The van der Waals surface area contributed by atoms with Crippen LogP contribution >= 0.6 is 11.8 Å². The summed E-state index contributed by atoms with van der Waals surface area (Å²) < 4.78 is 5.67. The fraction of sp³-hybridized carbons (Fsp3) is 0.444. The highest BCUT2D eigenvalue weighted by Gasteiger charge is 2.37. The Morgan fingerprint density at radius 2 is 1.74 bits per heavy atom. The first-order chi connectivity index (χ1) is 11.0. The lowest BCUT2D eigenvalue weighted by atomic mass is 10.1. The van der Waals surface area contributed by atoms with Gasteiger partial charge in [-0.2, -0.15) is 0 Å². The Labute approximate surface area is 141 Å². The van der Waals surface area contributed by atoms with Crippen molar-refractivity contribution in [1.82, 2.24) is 4.90 Å². The van der Waals surface area contributed by atoms with Crippen molar-refractivity contribution >= 4 is 29.1 Å². The molecule has 1 aromatic rings. The third kappa shape index (κ3) is 3.78. The minimum Gasteiger partial charge on any atom is -0.493 e. The minimum absolute atomic E-state index is 0.181. The molecule has 5 heteroatoms. The highest BCUT2D eigenvalue weighted by Crippen LogP contribution is 2.36. The van der Waals surface area contributed by atoms with Crippen LogP contribution in [0.3, 0.4) is 0 Å². The molecule has 0 fully saturated rings. The zero-order chi connectivity index (χ0) is 17.0. The molecule has 1 aromatic carbocycles. The largest absolute Gasteiger partial charge is 0.493 e. The van der Waals surface area contributed by atoms with E-state index in [-0.39, 0.29) is 11.8 Å². The predicted molar refractivity (Wildman–Crippen MR) is 94.2 cm³/mol. The number of likely N-dealkylation sites (N-methyl/N-ethyl adjacent to an activating group) is 1. The van der Waals surface area contributed by atoms with E-state index in [4.69, 9.17) is 4.74 Å². The van der Waals surface area contributed by atoms with Crippen LogP contribution in [0.2, 0.25) is 0 Å². The first-order valence-corrected chi connectivity index (χ1v) is 8.94. The Balaban J connectivity index is 2.30. The number of carbonyl (C=O) groups excluding carboxylic acids is 2. The third-order valence-corrected chi connectivity index (χ3v) is 4.41. The Hall–Kier alpha value is -1.75. The Bertz CT molecular complexity index is 620. The molecule has 0 saturated carbocycles. The van der Waals surface area contributed by atoms with Crippen molar-refractivity contribution < 1.29 is 14.3 Å². The molecule has 1 heterocycles. The van der Waals surface area contributed by atoms with Crippen LogP contribution in [0.5, 0.6) is 5.75 Å². The first kappa shape index (κ1) is 17.6. The molecule has 23 heavy (non-hydrogen) atoms. The molecule has 0 spiro atoms. The highest BCUT2D eigenvalue weighted by molar-refractivity contribution is 8.04. The first-order valence-electron chi connectivity index (χ1n) is 7.96. The lowest BCUT2D eigenvalue weighted by Crippen LogP contribution is -2.31. The van der Waals surface area contributed by atoms with E-state index in [0.29, 0.717) is 29.5 Å². The average Bonchev–Trinajstić information content (AvgIpc) is 2.77. The average molecular weight is 333 g/mol. The molecule has 0 bridgehead atoms. The number of carbonyl (C=O) groups is 2. The number of ether oxygens (including phenoxy) is 1. The Kier molecular flexibility index (Phi) is 5.88. The number of nitrogens with zero attached hydrogens (tertiary/aromatic N) is 1. The Morgan fingerprint density at radius 1 is 1.09 bits per heavy atom. The number of thioether (sulfide) groups is 1. The monoisotopic (exact) mass is 333 g/mol. The molecule has 0 aliphatic carbocycles. The predicted octanol–water partition coefficient (Wildman–Crippen LogP) is 3.57. The maximum atomic E-state index is 12.5. The summed E-state index contributed by atoms with van der Waals surface area (Å²) in [5.41, 5.74) is 1.28. The van der Waals surface area contributed by atoms with Crippen LogP contribution in [0, 0.1) is 5.92 Å². The number of amides is 2. The van der Waals surface area contributed by atoms with Gasteiger partial charge in [0.05, 0.1) is 17.1 Å². The van der Waals surface area contributed by atoms with Crippen LogP contribution in [-0.2, 0) is 9.59 Å². The van der Waals surface area contributed by atoms with E-state index in [2.05, 4.69) is 13.8 Å². The second kappa shape index (κ2) is 7.68. The molecule has 2 amide bonds.